The molecule has 6 heterocycles. The topological polar surface area (TPSA) is 101 Å². The SMILES string of the molecule is Cc1cn(-c2ccnc3[nH]c(-c4n[nH]c5ccc(-c6cncc(OCCN7CCCC7)c6)cc45)cc23)cn1. The van der Waals surface area contributed by atoms with Crippen molar-refractivity contribution >= 4 is 21.9 Å². The van der Waals surface area contributed by atoms with Crippen molar-refractivity contribution in [3.05, 3.63) is 73.2 Å². The number of likely N-dealkylation sites (tertiary alicyclic amines) is 1. The minimum absolute atomic E-state index is 0.672. The predicted molar refractivity (Wildman–Crippen MR) is 147 cm³/mol. The Balaban J connectivity index is 1.20. The van der Waals surface area contributed by atoms with Crippen LogP contribution in [0.3, 0.4) is 0 Å². The van der Waals surface area contributed by atoms with E-state index < -0.39 is 0 Å². The fourth-order valence-electron chi connectivity index (χ4n) is 5.27. The Morgan fingerprint density at radius 2 is 1.89 bits per heavy atom. The molecule has 0 aliphatic carbocycles. The maximum Gasteiger partial charge on any atom is 0.139 e. The van der Waals surface area contributed by atoms with E-state index in [-0.39, 0.29) is 0 Å². The van der Waals surface area contributed by atoms with Gasteiger partial charge in [0, 0.05) is 41.5 Å². The van der Waals surface area contributed by atoms with Crippen molar-refractivity contribution in [2.75, 3.05) is 26.2 Å². The summed E-state index contributed by atoms with van der Waals surface area (Å²) in [5, 5.41) is 9.86. The third-order valence-electron chi connectivity index (χ3n) is 7.24. The maximum absolute atomic E-state index is 6.04. The molecule has 6 aromatic rings. The molecule has 1 aliphatic rings. The Morgan fingerprint density at radius 1 is 0.974 bits per heavy atom. The van der Waals surface area contributed by atoms with Gasteiger partial charge in [0.2, 0.25) is 0 Å². The van der Waals surface area contributed by atoms with Crippen molar-refractivity contribution in [2.45, 2.75) is 19.8 Å². The molecule has 9 heteroatoms. The summed E-state index contributed by atoms with van der Waals surface area (Å²) in [6.45, 7) is 5.95. The third-order valence-corrected chi connectivity index (χ3v) is 7.24. The number of pyridine rings is 2. The van der Waals surface area contributed by atoms with Gasteiger partial charge in [-0.05, 0) is 68.8 Å². The lowest BCUT2D eigenvalue weighted by Crippen LogP contribution is -2.25. The quantitative estimate of drug-likeness (QED) is 0.312. The molecule has 1 saturated heterocycles. The summed E-state index contributed by atoms with van der Waals surface area (Å²) in [5.41, 5.74) is 7.57. The van der Waals surface area contributed by atoms with Crippen LogP contribution in [0.5, 0.6) is 5.75 Å². The molecule has 5 aromatic heterocycles. The summed E-state index contributed by atoms with van der Waals surface area (Å²) in [6.07, 6.45) is 11.9. The fraction of sp³-hybridized carbons (Fsp3) is 0.241. The molecule has 0 unspecified atom stereocenters. The molecule has 0 atom stereocenters. The van der Waals surface area contributed by atoms with Gasteiger partial charge in [-0.3, -0.25) is 15.0 Å². The zero-order valence-corrected chi connectivity index (χ0v) is 21.2. The fourth-order valence-corrected chi connectivity index (χ4v) is 5.27. The summed E-state index contributed by atoms with van der Waals surface area (Å²) in [7, 11) is 0. The van der Waals surface area contributed by atoms with Gasteiger partial charge >= 0.3 is 0 Å². The number of ether oxygens (including phenoxy) is 1. The number of aromatic nitrogens is 7. The molecule has 1 fully saturated rings. The van der Waals surface area contributed by atoms with Gasteiger partial charge in [0.25, 0.3) is 0 Å². The van der Waals surface area contributed by atoms with Crippen LogP contribution < -0.4 is 4.74 Å². The number of benzene rings is 1. The first-order valence-electron chi connectivity index (χ1n) is 13.0. The third kappa shape index (κ3) is 4.20. The average molecular weight is 505 g/mol. The Bertz CT molecular complexity index is 1740. The van der Waals surface area contributed by atoms with E-state index in [4.69, 9.17) is 4.74 Å². The molecule has 9 nitrogen and oxygen atoms in total. The number of H-pyrrole nitrogens is 2. The van der Waals surface area contributed by atoms with Gasteiger partial charge < -0.3 is 14.3 Å². The van der Waals surface area contributed by atoms with Crippen molar-refractivity contribution < 1.29 is 4.74 Å². The number of aromatic amines is 2. The van der Waals surface area contributed by atoms with Crippen molar-refractivity contribution in [3.63, 3.8) is 0 Å². The van der Waals surface area contributed by atoms with Crippen LogP contribution >= 0.6 is 0 Å². The number of aryl methyl sites for hydroxylation is 1. The Morgan fingerprint density at radius 3 is 2.76 bits per heavy atom. The second-order valence-corrected chi connectivity index (χ2v) is 9.84. The molecule has 7 rings (SSSR count). The van der Waals surface area contributed by atoms with Crippen LogP contribution in [0.4, 0.5) is 0 Å². The van der Waals surface area contributed by atoms with Gasteiger partial charge in [-0.1, -0.05) is 6.07 Å². The molecular formula is C29H28N8O. The van der Waals surface area contributed by atoms with Crippen molar-refractivity contribution in [1.82, 2.24) is 39.6 Å². The second-order valence-electron chi connectivity index (χ2n) is 9.84. The molecule has 0 spiro atoms. The van der Waals surface area contributed by atoms with E-state index in [0.29, 0.717) is 6.61 Å². The lowest BCUT2D eigenvalue weighted by atomic mass is 10.0. The minimum Gasteiger partial charge on any atom is -0.491 e. The van der Waals surface area contributed by atoms with Crippen molar-refractivity contribution in [1.29, 1.82) is 0 Å². The van der Waals surface area contributed by atoms with Gasteiger partial charge in [0.15, 0.2) is 0 Å². The highest BCUT2D eigenvalue weighted by Crippen LogP contribution is 2.33. The minimum atomic E-state index is 0.672. The first-order chi connectivity index (χ1) is 18.7. The zero-order valence-electron chi connectivity index (χ0n) is 21.2. The molecule has 1 aliphatic heterocycles. The van der Waals surface area contributed by atoms with E-state index in [1.165, 1.54) is 25.9 Å². The highest BCUT2D eigenvalue weighted by Gasteiger charge is 2.16. The van der Waals surface area contributed by atoms with E-state index in [1.54, 1.807) is 12.4 Å². The average Bonchev–Trinajstić information content (AvgIpc) is 3.74. The molecule has 0 radical (unpaired) electrons. The van der Waals surface area contributed by atoms with Crippen LogP contribution in [0, 0.1) is 6.92 Å². The predicted octanol–water partition coefficient (Wildman–Crippen LogP) is 5.14. The van der Waals surface area contributed by atoms with Crippen molar-refractivity contribution in [2.24, 2.45) is 0 Å². The number of imidazole rings is 1. The number of fused-ring (bicyclic) bond motifs is 2. The number of nitrogens with one attached hydrogen (secondary N) is 2. The van der Waals surface area contributed by atoms with Crippen molar-refractivity contribution in [3.8, 4) is 34.0 Å². The van der Waals surface area contributed by atoms with Crippen LogP contribution in [-0.4, -0.2) is 65.8 Å². The lowest BCUT2D eigenvalue weighted by molar-refractivity contribution is 0.237. The Labute approximate surface area is 219 Å². The van der Waals surface area contributed by atoms with Crippen LogP contribution in [0.15, 0.2) is 67.5 Å². The number of rotatable bonds is 7. The molecule has 38 heavy (non-hydrogen) atoms. The van der Waals surface area contributed by atoms with Gasteiger partial charge in [0.05, 0.1) is 35.1 Å². The number of nitrogens with zero attached hydrogens (tertiary/aromatic N) is 6. The molecule has 0 bridgehead atoms. The highest BCUT2D eigenvalue weighted by atomic mass is 16.5. The summed E-state index contributed by atoms with van der Waals surface area (Å²) in [6, 6.07) is 12.5. The summed E-state index contributed by atoms with van der Waals surface area (Å²) >= 11 is 0. The maximum atomic E-state index is 6.04. The van der Waals surface area contributed by atoms with Gasteiger partial charge in [-0.25, -0.2) is 9.97 Å². The molecule has 0 amide bonds. The number of hydrogen-bond donors (Lipinski definition) is 2. The van der Waals surface area contributed by atoms with E-state index in [9.17, 15) is 0 Å². The van der Waals surface area contributed by atoms with E-state index in [0.717, 1.165) is 68.1 Å². The molecule has 1 aromatic carbocycles. The highest BCUT2D eigenvalue weighted by molar-refractivity contribution is 5.98. The largest absolute Gasteiger partial charge is 0.491 e. The smallest absolute Gasteiger partial charge is 0.139 e. The summed E-state index contributed by atoms with van der Waals surface area (Å²) in [4.78, 5) is 19.3. The molecule has 0 saturated carbocycles. The van der Waals surface area contributed by atoms with Crippen LogP contribution in [-0.2, 0) is 0 Å². The van der Waals surface area contributed by atoms with E-state index in [2.05, 4.69) is 65.4 Å². The van der Waals surface area contributed by atoms with Gasteiger partial charge in [0.1, 0.15) is 23.7 Å². The second kappa shape index (κ2) is 9.42. The van der Waals surface area contributed by atoms with Crippen LogP contribution in [0.25, 0.3) is 50.1 Å². The molecular weight excluding hydrogens is 476 g/mol. The standard InChI is InChI=1S/C29H28N8O/c1-19-17-37(18-32-19)27-6-7-31-29-24(27)14-26(33-29)28-23-13-20(4-5-25(23)34-35-28)21-12-22(16-30-15-21)38-11-10-36-8-2-3-9-36/h4-7,12-18H,2-3,8-11H2,1H3,(H,31,33)(H,34,35). The van der Waals surface area contributed by atoms with Gasteiger partial charge in [-0.2, -0.15) is 5.10 Å². The zero-order chi connectivity index (χ0) is 25.5. The number of hydrogen-bond acceptors (Lipinski definition) is 6. The van der Waals surface area contributed by atoms with E-state index >= 15 is 0 Å². The Kier molecular flexibility index (Phi) is 5.62. The molecule has 190 valence electrons. The lowest BCUT2D eigenvalue weighted by Gasteiger charge is -2.15. The molecule has 2 N–H and O–H groups in total. The van der Waals surface area contributed by atoms with Crippen LogP contribution in [0.2, 0.25) is 0 Å². The summed E-state index contributed by atoms with van der Waals surface area (Å²) < 4.78 is 8.06. The summed E-state index contributed by atoms with van der Waals surface area (Å²) in [5.74, 6) is 0.790. The first kappa shape index (κ1) is 22.7. The monoisotopic (exact) mass is 504 g/mol. The van der Waals surface area contributed by atoms with Crippen LogP contribution in [0.1, 0.15) is 18.5 Å². The normalized spacial score (nSPS) is 14.1. The first-order valence-corrected chi connectivity index (χ1v) is 13.0. The van der Waals surface area contributed by atoms with Gasteiger partial charge in [-0.15, -0.1) is 0 Å². The van der Waals surface area contributed by atoms with E-state index in [1.807, 2.05) is 36.3 Å². The Hall–Kier alpha value is -4.50.